The van der Waals surface area contributed by atoms with E-state index in [1.54, 1.807) is 170 Å². The molecule has 0 saturated carbocycles. The number of aryl methyl sites for hydroxylation is 4. The minimum Gasteiger partial charge on any atom is -0.207 e. The molecule has 0 heterocycles. The first-order valence-electron chi connectivity index (χ1n) is 26.9. The minimum absolute atomic E-state index is 0. The lowest BCUT2D eigenvalue weighted by Gasteiger charge is -2.20. The van der Waals surface area contributed by atoms with E-state index in [4.69, 9.17) is 46.4 Å². The van der Waals surface area contributed by atoms with Crippen molar-refractivity contribution in [2.75, 3.05) is 0 Å². The van der Waals surface area contributed by atoms with Crippen LogP contribution in [0.15, 0.2) is 283 Å². The number of nitrogens with one attached hydrogen (secondary N) is 2. The average Bonchev–Trinajstić information content (AvgIpc) is 1.31. The Kier molecular flexibility index (Phi) is 27.7. The maximum Gasteiger partial charge on any atom is 0.282 e. The van der Waals surface area contributed by atoms with Gasteiger partial charge >= 0.3 is 0 Å². The first-order chi connectivity index (χ1) is 41.9. The summed E-state index contributed by atoms with van der Waals surface area (Å²) in [6.45, 7) is 7.63. The third-order valence-corrected chi connectivity index (χ3v) is 19.3. The summed E-state index contributed by atoms with van der Waals surface area (Å²) in [5.74, 6) is 0. The van der Waals surface area contributed by atoms with Crippen molar-refractivity contribution in [2.24, 2.45) is 8.80 Å². The molecule has 10 aromatic carbocycles. The van der Waals surface area contributed by atoms with Crippen LogP contribution in [0, 0.1) is 27.7 Å². The highest BCUT2D eigenvalue weighted by atomic mass is 35.5. The summed E-state index contributed by atoms with van der Waals surface area (Å²) in [7, 11) is -14.6. The van der Waals surface area contributed by atoms with Gasteiger partial charge in [-0.2, -0.15) is 35.1 Å². The first-order valence-corrected chi connectivity index (χ1v) is 34.3. The molecule has 90 heavy (non-hydrogen) atoms. The smallest absolute Gasteiger partial charge is 0.207 e. The van der Waals surface area contributed by atoms with E-state index in [-0.39, 0.29) is 34.4 Å². The van der Waals surface area contributed by atoms with Crippen molar-refractivity contribution in [3.05, 3.63) is 331 Å². The van der Waals surface area contributed by atoms with Gasteiger partial charge in [-0.3, -0.25) is 0 Å². The van der Waals surface area contributed by atoms with Crippen LogP contribution in [0.3, 0.4) is 0 Å². The van der Waals surface area contributed by atoms with E-state index in [9.17, 15) is 33.7 Å². The molecule has 0 aromatic heterocycles. The molecule has 0 radical (unpaired) electrons. The number of hydrogen-bond donors (Lipinski definition) is 2. The number of halogens is 4. The molecule has 2 atom stereocenters. The van der Waals surface area contributed by atoms with Crippen LogP contribution in [0.4, 0.5) is 0 Å². The number of sulfonamides is 4. The fourth-order valence-corrected chi connectivity index (χ4v) is 12.7. The molecule has 10 rings (SSSR count). The molecular weight excluding hydrogens is 1290 g/mol. The second-order valence-corrected chi connectivity index (χ2v) is 28.2. The Bertz CT molecular complexity index is 4120. The fraction of sp³-hybridized carbons (Fsp3) is 0.114. The Morgan fingerprint density at radius 1 is 0.300 bits per heavy atom. The molecule has 0 saturated heterocycles. The normalized spacial score (nSPS) is 12.1. The van der Waals surface area contributed by atoms with Crippen molar-refractivity contribution in [1.29, 1.82) is 0 Å². The molecule has 0 aliphatic heterocycles. The van der Waals surface area contributed by atoms with Crippen LogP contribution in [0.1, 0.15) is 82.6 Å². The van der Waals surface area contributed by atoms with Crippen molar-refractivity contribution >= 4 is 98.9 Å². The lowest BCUT2D eigenvalue weighted by Crippen LogP contribution is -2.29. The highest BCUT2D eigenvalue weighted by molar-refractivity contribution is 7.90. The largest absolute Gasteiger partial charge is 0.282 e. The van der Waals surface area contributed by atoms with Gasteiger partial charge in [0.05, 0.1) is 31.7 Å². The summed E-state index contributed by atoms with van der Waals surface area (Å²) >= 11 is 23.4. The maximum atomic E-state index is 12.8. The van der Waals surface area contributed by atoms with Crippen molar-refractivity contribution in [3.63, 3.8) is 0 Å². The quantitative estimate of drug-likeness (QED) is 0.0895. The Balaban J connectivity index is 0.000000218. The molecular formula is C70H68Cl4N4O8S4. The Hall–Kier alpha value is -7.58. The molecule has 0 spiro atoms. The van der Waals surface area contributed by atoms with Crippen LogP contribution >= 0.6 is 46.4 Å². The highest BCUT2D eigenvalue weighted by Crippen LogP contribution is 2.28. The first kappa shape index (κ1) is 73.2. The van der Waals surface area contributed by atoms with Gasteiger partial charge in [-0.05, 0) is 158 Å². The van der Waals surface area contributed by atoms with Gasteiger partial charge in [0, 0.05) is 32.5 Å². The second-order valence-electron chi connectivity index (χ2n) is 19.8. The van der Waals surface area contributed by atoms with Gasteiger partial charge in [0.2, 0.25) is 20.0 Å². The summed E-state index contributed by atoms with van der Waals surface area (Å²) in [5, 5.41) is 2.41. The van der Waals surface area contributed by atoms with Gasteiger partial charge in [0.1, 0.15) is 0 Å². The van der Waals surface area contributed by atoms with E-state index in [1.165, 1.54) is 12.4 Å². The van der Waals surface area contributed by atoms with Crippen molar-refractivity contribution in [1.82, 2.24) is 9.44 Å². The zero-order chi connectivity index (χ0) is 63.5. The fourth-order valence-electron chi connectivity index (χ4n) is 8.04. The summed E-state index contributed by atoms with van der Waals surface area (Å²) in [6.07, 6.45) is 2.62. The van der Waals surface area contributed by atoms with Crippen molar-refractivity contribution in [2.45, 2.75) is 74.2 Å². The lowest BCUT2D eigenvalue weighted by atomic mass is 10.00. The van der Waals surface area contributed by atoms with Gasteiger partial charge in [-0.15, -0.1) is 0 Å². The molecule has 0 unspecified atom stereocenters. The SMILES string of the molecule is C.C.Cc1ccc(S(=O)(=O)N=Cc2ccc(Cl)cc2)cc1.Cc1ccc(S(=O)(=O)N=Cc2ccc(Cl)cc2)cc1.Cc1ccc(S(=O)(=O)N[C@@H](c2ccccc2)c2ccc(Cl)cc2)cc1.Cc1ccc(S(=O)(=O)N[C@@H](c2ccccc2)c2ccc(Cl)cc2)cc1. The molecule has 468 valence electrons. The van der Waals surface area contributed by atoms with Gasteiger partial charge in [0.25, 0.3) is 20.0 Å². The predicted octanol–water partition coefficient (Wildman–Crippen LogP) is 17.6. The van der Waals surface area contributed by atoms with E-state index in [1.807, 2.05) is 113 Å². The third kappa shape index (κ3) is 22.4. The summed E-state index contributed by atoms with van der Waals surface area (Å²) in [4.78, 5) is 0.854. The monoisotopic (exact) mass is 1360 g/mol. The van der Waals surface area contributed by atoms with Gasteiger partial charge in [-0.25, -0.2) is 16.8 Å². The molecule has 0 bridgehead atoms. The Labute approximate surface area is 551 Å². The third-order valence-electron chi connectivity index (χ3n) is 12.9. The zero-order valence-electron chi connectivity index (χ0n) is 47.9. The standard InChI is InChI=1S/2C20H18ClNO2S.2C14H12ClNO2S.2CH4/c2*1-15-7-13-19(14-8-15)25(23,24)22-20(16-5-3-2-4-6-16)17-9-11-18(21)12-10-17;2*1-11-2-8-14(9-3-11)19(17,18)16-10-12-4-6-13(15)7-5-12;;/h2*2-14,20,22H,1H3;2*2-10H,1H3;2*1H4/t2*20-;;;;/m00..../s1. The van der Waals surface area contributed by atoms with Crippen LogP contribution in [-0.4, -0.2) is 46.1 Å². The van der Waals surface area contributed by atoms with E-state index < -0.39 is 52.2 Å². The predicted molar refractivity (Wildman–Crippen MR) is 371 cm³/mol. The van der Waals surface area contributed by atoms with Crippen molar-refractivity contribution < 1.29 is 33.7 Å². The molecule has 0 fully saturated rings. The van der Waals surface area contributed by atoms with Crippen LogP contribution in [-0.2, 0) is 40.1 Å². The molecule has 12 nitrogen and oxygen atoms in total. The lowest BCUT2D eigenvalue weighted by molar-refractivity contribution is 0.570. The summed E-state index contributed by atoms with van der Waals surface area (Å²) in [6, 6.07) is 72.6. The van der Waals surface area contributed by atoms with Crippen LogP contribution in [0.5, 0.6) is 0 Å². The van der Waals surface area contributed by atoms with Crippen LogP contribution in [0.25, 0.3) is 0 Å². The van der Waals surface area contributed by atoms with Gasteiger partial charge < -0.3 is 0 Å². The Morgan fingerprint density at radius 3 is 0.778 bits per heavy atom. The second kappa shape index (κ2) is 34.0. The van der Waals surface area contributed by atoms with Crippen LogP contribution < -0.4 is 9.44 Å². The van der Waals surface area contributed by atoms with E-state index in [0.29, 0.717) is 31.2 Å². The number of hydrogen-bond acceptors (Lipinski definition) is 8. The zero-order valence-corrected chi connectivity index (χ0v) is 54.2. The van der Waals surface area contributed by atoms with Gasteiger partial charge in [0.15, 0.2) is 0 Å². The number of rotatable bonds is 16. The molecule has 20 heteroatoms. The molecule has 10 aromatic rings. The van der Waals surface area contributed by atoms with Gasteiger partial charge in [-0.1, -0.05) is 241 Å². The topological polar surface area (TPSA) is 185 Å². The Morgan fingerprint density at radius 2 is 0.522 bits per heavy atom. The minimum atomic E-state index is -3.67. The van der Waals surface area contributed by atoms with Crippen molar-refractivity contribution in [3.8, 4) is 0 Å². The molecule has 0 amide bonds. The summed E-state index contributed by atoms with van der Waals surface area (Å²) < 4.78 is 112. The van der Waals surface area contributed by atoms with E-state index in [0.717, 1.165) is 44.5 Å². The molecule has 0 aliphatic rings. The number of nitrogens with zero attached hydrogens (tertiary/aromatic N) is 2. The molecule has 0 aliphatic carbocycles. The van der Waals surface area contributed by atoms with E-state index in [2.05, 4.69) is 18.2 Å². The van der Waals surface area contributed by atoms with E-state index >= 15 is 0 Å². The molecule has 2 N–H and O–H groups in total. The maximum absolute atomic E-state index is 12.8. The average molecular weight is 1360 g/mol. The van der Waals surface area contributed by atoms with Crippen LogP contribution in [0.2, 0.25) is 20.1 Å². The summed E-state index contributed by atoms with van der Waals surface area (Å²) in [5.41, 5.74) is 8.76. The number of benzene rings is 10. The highest BCUT2D eigenvalue weighted by Gasteiger charge is 2.25.